The number of nitrogens with two attached hydrogens (primary N) is 1. The molecule has 2 N–H and O–H groups in total. The van der Waals surface area contributed by atoms with Crippen molar-refractivity contribution < 1.29 is 0 Å². The Morgan fingerprint density at radius 2 is 2.14 bits per heavy atom. The molecule has 0 amide bonds. The number of hydrogen-bond donors (Lipinski definition) is 1. The number of fused-ring (bicyclic) bond motifs is 1. The molecule has 3 rings (SSSR count). The molecule has 0 radical (unpaired) electrons. The van der Waals surface area contributed by atoms with Crippen LogP contribution in [-0.2, 0) is 6.42 Å². The van der Waals surface area contributed by atoms with Crippen molar-refractivity contribution in [1.29, 1.82) is 0 Å². The summed E-state index contributed by atoms with van der Waals surface area (Å²) in [4.78, 5) is 6.92. The van der Waals surface area contributed by atoms with Crippen molar-refractivity contribution in [3.63, 3.8) is 0 Å². The van der Waals surface area contributed by atoms with E-state index in [9.17, 15) is 0 Å². The van der Waals surface area contributed by atoms with Crippen LogP contribution in [0.3, 0.4) is 0 Å². The van der Waals surface area contributed by atoms with Crippen LogP contribution in [0.15, 0.2) is 36.5 Å². The summed E-state index contributed by atoms with van der Waals surface area (Å²) in [6.45, 7) is 5.29. The molecule has 3 nitrogen and oxygen atoms in total. The highest BCUT2D eigenvalue weighted by Gasteiger charge is 2.18. The number of aryl methyl sites for hydroxylation is 2. The molecule has 0 fully saturated rings. The van der Waals surface area contributed by atoms with Gasteiger partial charge in [0, 0.05) is 18.3 Å². The van der Waals surface area contributed by atoms with Crippen molar-refractivity contribution in [2.24, 2.45) is 5.73 Å². The van der Waals surface area contributed by atoms with Crippen LogP contribution in [-0.4, -0.2) is 11.5 Å². The van der Waals surface area contributed by atoms with E-state index in [1.54, 1.807) is 0 Å². The minimum atomic E-state index is 0.0374. The van der Waals surface area contributed by atoms with Crippen LogP contribution in [0.5, 0.6) is 0 Å². The van der Waals surface area contributed by atoms with E-state index in [-0.39, 0.29) is 6.04 Å². The van der Waals surface area contributed by atoms with Crippen LogP contribution in [0, 0.1) is 6.92 Å². The lowest BCUT2D eigenvalue weighted by atomic mass is 9.99. The Kier molecular flexibility index (Phi) is 3.93. The maximum Gasteiger partial charge on any atom is 0.0597 e. The molecule has 2 heterocycles. The first kappa shape index (κ1) is 14.1. The molecule has 0 bridgehead atoms. The van der Waals surface area contributed by atoms with Crippen LogP contribution >= 0.6 is 0 Å². The lowest BCUT2D eigenvalue weighted by molar-refractivity contribution is 0.674. The topological polar surface area (TPSA) is 42.1 Å². The summed E-state index contributed by atoms with van der Waals surface area (Å²) >= 11 is 0. The van der Waals surface area contributed by atoms with E-state index < -0.39 is 0 Å². The average molecular weight is 281 g/mol. The summed E-state index contributed by atoms with van der Waals surface area (Å²) < 4.78 is 0. The molecule has 0 aliphatic carbocycles. The molecular weight excluding hydrogens is 258 g/mol. The predicted molar refractivity (Wildman–Crippen MR) is 88.0 cm³/mol. The molecule has 0 spiro atoms. The predicted octanol–water partition coefficient (Wildman–Crippen LogP) is 3.88. The fraction of sp³-hybridized carbons (Fsp3) is 0.389. The Morgan fingerprint density at radius 1 is 1.29 bits per heavy atom. The minimum absolute atomic E-state index is 0.0374. The van der Waals surface area contributed by atoms with Crippen molar-refractivity contribution >= 4 is 11.4 Å². The maximum atomic E-state index is 6.04. The Hall–Kier alpha value is -1.87. The van der Waals surface area contributed by atoms with E-state index >= 15 is 0 Å². The molecule has 1 aliphatic rings. The van der Waals surface area contributed by atoms with E-state index in [2.05, 4.69) is 54.1 Å². The van der Waals surface area contributed by atoms with Crippen LogP contribution in [0.1, 0.15) is 42.6 Å². The van der Waals surface area contributed by atoms with E-state index in [1.165, 1.54) is 29.7 Å². The first-order chi connectivity index (χ1) is 10.2. The number of nitrogens with zero attached hydrogens (tertiary/aromatic N) is 2. The SMILES string of the molecule is CC[C@H](N)c1ccc(N2CCCc3cc(C)ccc32)cn1. The molecule has 0 saturated heterocycles. The molecule has 21 heavy (non-hydrogen) atoms. The summed E-state index contributed by atoms with van der Waals surface area (Å²) in [6, 6.07) is 11.0. The quantitative estimate of drug-likeness (QED) is 0.928. The van der Waals surface area contributed by atoms with Gasteiger partial charge in [-0.05, 0) is 49.9 Å². The van der Waals surface area contributed by atoms with Gasteiger partial charge in [0.05, 0.1) is 17.6 Å². The monoisotopic (exact) mass is 281 g/mol. The number of aromatic nitrogens is 1. The first-order valence-electron chi connectivity index (χ1n) is 7.77. The fourth-order valence-electron chi connectivity index (χ4n) is 2.98. The van der Waals surface area contributed by atoms with E-state index in [1.807, 2.05) is 6.20 Å². The lowest BCUT2D eigenvalue weighted by Gasteiger charge is -2.31. The molecule has 1 atom stereocenters. The van der Waals surface area contributed by atoms with Gasteiger partial charge < -0.3 is 10.6 Å². The van der Waals surface area contributed by atoms with Gasteiger partial charge in [-0.15, -0.1) is 0 Å². The Labute approximate surface area is 126 Å². The van der Waals surface area contributed by atoms with Crippen molar-refractivity contribution in [3.8, 4) is 0 Å². The highest BCUT2D eigenvalue weighted by atomic mass is 15.1. The van der Waals surface area contributed by atoms with Gasteiger partial charge in [0.2, 0.25) is 0 Å². The molecule has 3 heteroatoms. The molecule has 1 aromatic carbocycles. The summed E-state index contributed by atoms with van der Waals surface area (Å²) in [5.74, 6) is 0. The van der Waals surface area contributed by atoms with Gasteiger partial charge in [0.1, 0.15) is 0 Å². The second kappa shape index (κ2) is 5.86. The van der Waals surface area contributed by atoms with Crippen LogP contribution in [0.4, 0.5) is 11.4 Å². The third-order valence-corrected chi connectivity index (χ3v) is 4.26. The highest BCUT2D eigenvalue weighted by molar-refractivity contribution is 5.67. The average Bonchev–Trinajstić information content (AvgIpc) is 2.53. The zero-order valence-corrected chi connectivity index (χ0v) is 12.8. The summed E-state index contributed by atoms with van der Waals surface area (Å²) in [5, 5.41) is 0. The molecular formula is C18H23N3. The third-order valence-electron chi connectivity index (χ3n) is 4.26. The van der Waals surface area contributed by atoms with E-state index in [0.717, 1.165) is 24.3 Å². The molecule has 0 saturated carbocycles. The van der Waals surface area contributed by atoms with Gasteiger partial charge >= 0.3 is 0 Å². The second-order valence-corrected chi connectivity index (χ2v) is 5.84. The Morgan fingerprint density at radius 3 is 2.86 bits per heavy atom. The highest BCUT2D eigenvalue weighted by Crippen LogP contribution is 2.33. The Balaban J connectivity index is 1.92. The first-order valence-corrected chi connectivity index (χ1v) is 7.77. The van der Waals surface area contributed by atoms with Crippen molar-refractivity contribution in [1.82, 2.24) is 4.98 Å². The van der Waals surface area contributed by atoms with Gasteiger partial charge in [-0.2, -0.15) is 0 Å². The maximum absolute atomic E-state index is 6.04. The molecule has 0 unspecified atom stereocenters. The summed E-state index contributed by atoms with van der Waals surface area (Å²) in [7, 11) is 0. The lowest BCUT2D eigenvalue weighted by Crippen LogP contribution is -2.24. The molecule has 2 aromatic rings. The molecule has 1 aromatic heterocycles. The zero-order valence-electron chi connectivity index (χ0n) is 12.8. The number of anilines is 2. The third kappa shape index (κ3) is 2.79. The van der Waals surface area contributed by atoms with E-state index in [4.69, 9.17) is 5.73 Å². The Bertz CT molecular complexity index is 619. The number of rotatable bonds is 3. The van der Waals surface area contributed by atoms with Crippen molar-refractivity contribution in [2.45, 2.75) is 39.2 Å². The number of hydrogen-bond acceptors (Lipinski definition) is 3. The normalized spacial score (nSPS) is 15.7. The molecule has 110 valence electrons. The van der Waals surface area contributed by atoms with Gasteiger partial charge in [0.25, 0.3) is 0 Å². The van der Waals surface area contributed by atoms with Crippen LogP contribution in [0.2, 0.25) is 0 Å². The summed E-state index contributed by atoms with van der Waals surface area (Å²) in [5.41, 5.74) is 12.3. The van der Waals surface area contributed by atoms with Gasteiger partial charge in [-0.1, -0.05) is 24.6 Å². The second-order valence-electron chi connectivity index (χ2n) is 5.84. The summed E-state index contributed by atoms with van der Waals surface area (Å²) in [6.07, 6.45) is 5.23. The minimum Gasteiger partial charge on any atom is -0.340 e. The van der Waals surface area contributed by atoms with Gasteiger partial charge in [0.15, 0.2) is 0 Å². The van der Waals surface area contributed by atoms with Gasteiger partial charge in [-0.3, -0.25) is 4.98 Å². The van der Waals surface area contributed by atoms with Crippen molar-refractivity contribution in [3.05, 3.63) is 53.3 Å². The smallest absolute Gasteiger partial charge is 0.0597 e. The van der Waals surface area contributed by atoms with Gasteiger partial charge in [-0.25, -0.2) is 0 Å². The van der Waals surface area contributed by atoms with Crippen LogP contribution in [0.25, 0.3) is 0 Å². The molecule has 1 aliphatic heterocycles. The van der Waals surface area contributed by atoms with E-state index in [0.29, 0.717) is 0 Å². The van der Waals surface area contributed by atoms with Crippen molar-refractivity contribution in [2.75, 3.05) is 11.4 Å². The number of benzene rings is 1. The standard InChI is InChI=1S/C18H23N3/c1-3-16(19)17-8-7-15(12-20-17)21-10-4-5-14-11-13(2)6-9-18(14)21/h6-9,11-12,16H,3-5,10,19H2,1-2H3/t16-/m0/s1. The number of pyridine rings is 1. The fourth-order valence-corrected chi connectivity index (χ4v) is 2.98. The van der Waals surface area contributed by atoms with Crippen LogP contribution < -0.4 is 10.6 Å². The zero-order chi connectivity index (χ0) is 14.8. The largest absolute Gasteiger partial charge is 0.340 e.